The molecule has 1 aromatic carbocycles. The Morgan fingerprint density at radius 1 is 1.02 bits per heavy atom. The zero-order valence-electron chi connectivity index (χ0n) is 32.5. The van der Waals surface area contributed by atoms with E-state index in [1.165, 1.54) is 60.0 Å². The molecule has 298 valence electrons. The van der Waals surface area contributed by atoms with Crippen molar-refractivity contribution in [3.8, 4) is 11.5 Å². The molecule has 0 spiro atoms. The van der Waals surface area contributed by atoms with E-state index in [9.17, 15) is 44.4 Å². The highest BCUT2D eigenvalue weighted by molar-refractivity contribution is 6.21. The van der Waals surface area contributed by atoms with E-state index in [1.54, 1.807) is 26.8 Å². The van der Waals surface area contributed by atoms with Crippen molar-refractivity contribution in [3.63, 3.8) is 0 Å². The molecule has 15 heteroatoms. The number of phenolic OH excluding ortho intramolecular Hbond substituents is 1. The molecule has 0 saturated carbocycles. The van der Waals surface area contributed by atoms with Crippen LogP contribution in [0.4, 0.5) is 5.69 Å². The van der Waals surface area contributed by atoms with Crippen LogP contribution in [0.2, 0.25) is 0 Å². The van der Waals surface area contributed by atoms with Gasteiger partial charge in [-0.05, 0) is 46.3 Å². The van der Waals surface area contributed by atoms with Crippen LogP contribution in [0, 0.1) is 30.6 Å². The van der Waals surface area contributed by atoms with Gasteiger partial charge >= 0.3 is 11.9 Å². The van der Waals surface area contributed by atoms with Gasteiger partial charge in [0.2, 0.25) is 6.79 Å². The Hall–Kier alpha value is -5.09. The molecular formula is C40H49NO14. The number of allylic oxidation sites excluding steroid dienone is 6. The normalized spacial score (nSPS) is 24.6. The largest absolute Gasteiger partial charge is 0.505 e. The summed E-state index contributed by atoms with van der Waals surface area (Å²) in [7, 11) is 1.17. The van der Waals surface area contributed by atoms with E-state index >= 15 is 0 Å². The number of benzene rings is 1. The van der Waals surface area contributed by atoms with Gasteiger partial charge in [-0.2, -0.15) is 0 Å². The number of carbonyl (C=O) groups excluding carboxylic acids is 5. The first kappa shape index (κ1) is 42.6. The third kappa shape index (κ3) is 8.44. The third-order valence-electron chi connectivity index (χ3n) is 10.1. The van der Waals surface area contributed by atoms with E-state index in [1.807, 2.05) is 0 Å². The Bertz CT molecular complexity index is 1930. The molecule has 4 rings (SSSR count). The molecule has 1 amide bonds. The third-order valence-corrected chi connectivity index (χ3v) is 10.1. The number of methoxy groups -OCH3 is 1. The molecule has 1 aliphatic carbocycles. The summed E-state index contributed by atoms with van der Waals surface area (Å²) in [4.78, 5) is 64.2. The number of hydrogen-bond donors (Lipinski definition) is 5. The highest BCUT2D eigenvalue weighted by Crippen LogP contribution is 2.52. The van der Waals surface area contributed by atoms with Crippen LogP contribution in [-0.2, 0) is 38.1 Å². The number of carbonyl (C=O) groups is 5. The molecule has 0 aromatic heterocycles. The molecule has 1 fully saturated rings. The maximum atomic E-state index is 13.8. The van der Waals surface area contributed by atoms with Gasteiger partial charge in [-0.25, -0.2) is 0 Å². The molecule has 1 aromatic rings. The minimum Gasteiger partial charge on any atom is -0.505 e. The lowest BCUT2D eigenvalue weighted by Crippen LogP contribution is -2.57. The van der Waals surface area contributed by atoms with Gasteiger partial charge in [-0.3, -0.25) is 24.0 Å². The fraction of sp³-hybridized carbons (Fsp3) is 0.475. The van der Waals surface area contributed by atoms with Crippen LogP contribution in [0.25, 0.3) is 5.57 Å². The Labute approximate surface area is 318 Å². The minimum absolute atomic E-state index is 0.00756. The summed E-state index contributed by atoms with van der Waals surface area (Å²) < 4.78 is 27.6. The smallest absolute Gasteiger partial charge is 0.313 e. The zero-order valence-corrected chi connectivity index (χ0v) is 32.5. The number of phenols is 1. The van der Waals surface area contributed by atoms with Gasteiger partial charge in [0.25, 0.3) is 5.91 Å². The molecule has 5 N–H and O–H groups in total. The second-order valence-corrected chi connectivity index (χ2v) is 14.1. The summed E-state index contributed by atoms with van der Waals surface area (Å²) in [6.45, 7) is 13.2. The monoisotopic (exact) mass is 767 g/mol. The molecular weight excluding hydrogens is 718 g/mol. The number of aromatic hydroxyl groups is 1. The number of nitrogens with one attached hydrogen (secondary N) is 1. The summed E-state index contributed by atoms with van der Waals surface area (Å²) in [5, 5.41) is 46.5. The highest BCUT2D eigenvalue weighted by Gasteiger charge is 2.50. The molecule has 15 nitrogen and oxygen atoms in total. The number of amides is 1. The SMILES string of the molecule is COC(=O)[C@@H]1[C@H](O)[C@H](C)[C@H](O)O[C@@H]1[C@H](C)[C@H](O)[C@H](C)/C=C\C=C(/C)C(=O)Nc1c(C)c(OC(C)=O)c2c(c1O)C(=O)C(C)=C1OCOC(/C(C)=C/C(C)=O)=C12. The van der Waals surface area contributed by atoms with E-state index in [0.717, 1.165) is 6.92 Å². The van der Waals surface area contributed by atoms with Crippen LogP contribution < -0.4 is 10.1 Å². The maximum absolute atomic E-state index is 13.8. The molecule has 2 heterocycles. The molecule has 0 unspecified atom stereocenters. The number of Topliss-reactive ketones (excluding diaryl/α,β-unsaturated/α-hetero) is 1. The zero-order chi connectivity index (χ0) is 41.2. The molecule has 3 aliphatic rings. The van der Waals surface area contributed by atoms with Gasteiger partial charge in [0.1, 0.15) is 23.2 Å². The Kier molecular flexibility index (Phi) is 13.3. The average molecular weight is 768 g/mol. The maximum Gasteiger partial charge on any atom is 0.313 e. The molecule has 1 saturated heterocycles. The van der Waals surface area contributed by atoms with E-state index in [4.69, 9.17) is 23.7 Å². The van der Waals surface area contributed by atoms with Gasteiger partial charge in [0.15, 0.2) is 23.6 Å². The fourth-order valence-electron chi connectivity index (χ4n) is 6.98. The number of ketones is 2. The van der Waals surface area contributed by atoms with E-state index in [0.29, 0.717) is 5.57 Å². The number of rotatable bonds is 11. The van der Waals surface area contributed by atoms with Crippen molar-refractivity contribution in [2.24, 2.45) is 23.7 Å². The summed E-state index contributed by atoms with van der Waals surface area (Å²) >= 11 is 0. The van der Waals surface area contributed by atoms with Crippen molar-refractivity contribution in [1.82, 2.24) is 0 Å². The van der Waals surface area contributed by atoms with Gasteiger partial charge in [0.05, 0.1) is 42.2 Å². The quantitative estimate of drug-likeness (QED) is 0.0708. The summed E-state index contributed by atoms with van der Waals surface area (Å²) in [6, 6.07) is 0. The van der Waals surface area contributed by atoms with Crippen molar-refractivity contribution in [2.75, 3.05) is 19.2 Å². The molecule has 0 radical (unpaired) electrons. The second-order valence-electron chi connectivity index (χ2n) is 14.1. The molecule has 2 aliphatic heterocycles. The van der Waals surface area contributed by atoms with Crippen LogP contribution in [0.3, 0.4) is 0 Å². The topological polar surface area (TPSA) is 224 Å². The van der Waals surface area contributed by atoms with Crippen molar-refractivity contribution < 1.29 is 68.1 Å². The Balaban J connectivity index is 1.66. The number of ether oxygens (including phenoxy) is 5. The van der Waals surface area contributed by atoms with E-state index in [-0.39, 0.29) is 68.9 Å². The number of fused-ring (bicyclic) bond motifs is 3. The molecule has 0 bridgehead atoms. The second kappa shape index (κ2) is 17.1. The van der Waals surface area contributed by atoms with Crippen molar-refractivity contribution in [3.05, 3.63) is 69.2 Å². The van der Waals surface area contributed by atoms with Crippen LogP contribution in [0.1, 0.15) is 76.9 Å². The van der Waals surface area contributed by atoms with Crippen molar-refractivity contribution in [1.29, 1.82) is 0 Å². The number of esters is 2. The van der Waals surface area contributed by atoms with Gasteiger partial charge < -0.3 is 49.4 Å². The van der Waals surface area contributed by atoms with Crippen LogP contribution in [0.15, 0.2) is 52.5 Å². The average Bonchev–Trinajstić information content (AvgIpc) is 3.13. The van der Waals surface area contributed by atoms with E-state index < -0.39 is 77.7 Å². The van der Waals surface area contributed by atoms with Crippen LogP contribution >= 0.6 is 0 Å². The lowest BCUT2D eigenvalue weighted by molar-refractivity contribution is -0.262. The lowest BCUT2D eigenvalue weighted by Gasteiger charge is -2.44. The van der Waals surface area contributed by atoms with Crippen LogP contribution in [0.5, 0.6) is 11.5 Å². The fourth-order valence-corrected chi connectivity index (χ4v) is 6.98. The number of anilines is 1. The number of hydrogen-bond acceptors (Lipinski definition) is 14. The minimum atomic E-state index is -1.37. The standard InChI is InChI=1S/C40H49NO14/c1-16(30(44)21(6)37-28(40(50)51-10)32(46)23(8)39(49)55-37)12-11-13-17(2)38(48)41-29-20(5)36(54-24(9)43)25-26(33(29)47)31(45)22(7)35-27(25)34(52-15-53-35)18(3)14-19(4)42/h11-14,16,21,23,28,30,32,37,39,44,46-47,49H,15H2,1-10H3,(H,41,48)/b12-11-,17-13+,18-14+/t16-,21-,23+,28-,30-,32-,37-,39-/m1/s1. The highest BCUT2D eigenvalue weighted by atomic mass is 16.7. The number of aliphatic hydroxyl groups excluding tert-OH is 3. The lowest BCUT2D eigenvalue weighted by atomic mass is 9.76. The predicted octanol–water partition coefficient (Wildman–Crippen LogP) is 3.92. The first-order chi connectivity index (χ1) is 25.7. The van der Waals surface area contributed by atoms with Crippen molar-refractivity contribution in [2.45, 2.75) is 86.9 Å². The summed E-state index contributed by atoms with van der Waals surface area (Å²) in [6.07, 6.45) is 1.10. The first-order valence-electron chi connectivity index (χ1n) is 17.7. The Morgan fingerprint density at radius 3 is 2.27 bits per heavy atom. The van der Waals surface area contributed by atoms with Crippen LogP contribution in [-0.4, -0.2) is 88.3 Å². The summed E-state index contributed by atoms with van der Waals surface area (Å²) in [5.41, 5.74) is 0.454. The van der Waals surface area contributed by atoms with Gasteiger partial charge in [-0.15, -0.1) is 0 Å². The number of aliphatic hydroxyl groups is 3. The molecule has 8 atom stereocenters. The molecule has 55 heavy (non-hydrogen) atoms. The van der Waals surface area contributed by atoms with Gasteiger partial charge in [0, 0.05) is 47.0 Å². The predicted molar refractivity (Wildman–Crippen MR) is 197 cm³/mol. The van der Waals surface area contributed by atoms with Crippen molar-refractivity contribution >= 4 is 40.7 Å². The van der Waals surface area contributed by atoms with Gasteiger partial charge in [-0.1, -0.05) is 39.0 Å². The Morgan fingerprint density at radius 2 is 1.67 bits per heavy atom. The van der Waals surface area contributed by atoms with E-state index in [2.05, 4.69) is 5.32 Å². The summed E-state index contributed by atoms with van der Waals surface area (Å²) in [5.74, 6) is -6.78. The first-order valence-corrected chi connectivity index (χ1v) is 17.7.